The zero-order valence-electron chi connectivity index (χ0n) is 12.9. The smallest absolute Gasteiger partial charge is 0.245 e. The second kappa shape index (κ2) is 6.40. The number of nitrogens with one attached hydrogen (secondary N) is 1. The summed E-state index contributed by atoms with van der Waals surface area (Å²) in [5.74, 6) is 0. The lowest BCUT2D eigenvalue weighted by molar-refractivity contribution is 0.193. The molecule has 126 valence electrons. The third kappa shape index (κ3) is 2.90. The molecule has 0 aliphatic carbocycles. The van der Waals surface area contributed by atoms with Crippen LogP contribution in [0.1, 0.15) is 0 Å². The van der Waals surface area contributed by atoms with E-state index in [0.717, 1.165) is 6.54 Å². The Morgan fingerprint density at radius 1 is 1.22 bits per heavy atom. The first-order chi connectivity index (χ1) is 11.1. The van der Waals surface area contributed by atoms with Gasteiger partial charge in [0, 0.05) is 46.3 Å². The van der Waals surface area contributed by atoms with Crippen LogP contribution in [0.4, 0.5) is 5.69 Å². The summed E-state index contributed by atoms with van der Waals surface area (Å²) in [6.45, 7) is 3.56. The number of rotatable bonds is 5. The molecule has 0 spiro atoms. The van der Waals surface area contributed by atoms with Crippen LogP contribution < -0.4 is 11.1 Å². The first-order valence-electron chi connectivity index (χ1n) is 7.43. The fourth-order valence-corrected chi connectivity index (χ4v) is 4.31. The number of nitrogens with zero attached hydrogens (tertiary/aromatic N) is 4. The van der Waals surface area contributed by atoms with Crippen LogP contribution in [-0.4, -0.2) is 74.3 Å². The number of fused-ring (bicyclic) bond motifs is 1. The van der Waals surface area contributed by atoms with Crippen LogP contribution >= 0.6 is 0 Å². The Morgan fingerprint density at radius 2 is 1.91 bits per heavy atom. The zero-order valence-corrected chi connectivity index (χ0v) is 13.7. The third-order valence-electron chi connectivity index (χ3n) is 4.04. The molecule has 23 heavy (non-hydrogen) atoms. The number of piperazine rings is 1. The Kier molecular flexibility index (Phi) is 4.48. The largest absolute Gasteiger partial charge is 0.386 e. The van der Waals surface area contributed by atoms with Gasteiger partial charge in [0.1, 0.15) is 4.90 Å². The second-order valence-corrected chi connectivity index (χ2v) is 7.26. The van der Waals surface area contributed by atoms with E-state index in [0.29, 0.717) is 43.9 Å². The van der Waals surface area contributed by atoms with E-state index in [4.69, 9.17) is 10.4 Å². The van der Waals surface area contributed by atoms with E-state index in [1.165, 1.54) is 4.31 Å². The summed E-state index contributed by atoms with van der Waals surface area (Å²) in [7, 11) is -1.91. The van der Waals surface area contributed by atoms with Crippen molar-refractivity contribution in [1.29, 1.82) is 0 Å². The van der Waals surface area contributed by atoms with Crippen molar-refractivity contribution in [1.82, 2.24) is 19.5 Å². The van der Waals surface area contributed by atoms with Crippen LogP contribution in [0.2, 0.25) is 0 Å². The molecule has 1 aromatic carbocycles. The molecule has 2 aromatic rings. The molecule has 1 fully saturated rings. The number of hydrogen-bond acceptors (Lipinski definition) is 8. The van der Waals surface area contributed by atoms with Crippen molar-refractivity contribution in [3.05, 3.63) is 12.1 Å². The van der Waals surface area contributed by atoms with Crippen LogP contribution in [0.15, 0.2) is 21.7 Å². The lowest BCUT2D eigenvalue weighted by atomic mass is 10.2. The molecule has 1 aliphatic heterocycles. The van der Waals surface area contributed by atoms with Crippen molar-refractivity contribution < 1.29 is 13.0 Å². The van der Waals surface area contributed by atoms with Gasteiger partial charge in [-0.1, -0.05) is 0 Å². The third-order valence-corrected chi connectivity index (χ3v) is 5.97. The molecule has 0 radical (unpaired) electrons. The van der Waals surface area contributed by atoms with Crippen molar-refractivity contribution in [2.24, 2.45) is 5.73 Å². The Balaban J connectivity index is 1.91. The number of benzene rings is 1. The predicted molar refractivity (Wildman–Crippen MR) is 85.6 cm³/mol. The number of aromatic nitrogens is 2. The normalized spacial score (nSPS) is 17.7. The topological polar surface area (TPSA) is 118 Å². The highest BCUT2D eigenvalue weighted by Gasteiger charge is 2.31. The van der Waals surface area contributed by atoms with Crippen molar-refractivity contribution in [2.45, 2.75) is 4.90 Å². The van der Waals surface area contributed by atoms with Crippen molar-refractivity contribution >= 4 is 26.7 Å². The fourth-order valence-electron chi connectivity index (χ4n) is 2.77. The minimum atomic E-state index is -3.64. The highest BCUT2D eigenvalue weighted by atomic mass is 32.2. The van der Waals surface area contributed by atoms with Crippen LogP contribution in [-0.2, 0) is 10.0 Å². The van der Waals surface area contributed by atoms with Gasteiger partial charge in [-0.3, -0.25) is 4.90 Å². The van der Waals surface area contributed by atoms with Crippen LogP contribution in [0, 0.1) is 0 Å². The number of hydrogen-bond donors (Lipinski definition) is 2. The SMILES string of the molecule is CNc1ccc(S(=O)(=O)N2CCN(CCN)CC2)c2nonc12. The highest BCUT2D eigenvalue weighted by Crippen LogP contribution is 2.29. The highest BCUT2D eigenvalue weighted by molar-refractivity contribution is 7.89. The van der Waals surface area contributed by atoms with Gasteiger partial charge in [-0.2, -0.15) is 4.31 Å². The summed E-state index contributed by atoms with van der Waals surface area (Å²) >= 11 is 0. The van der Waals surface area contributed by atoms with Gasteiger partial charge in [0.2, 0.25) is 10.0 Å². The Bertz CT molecular complexity index is 782. The van der Waals surface area contributed by atoms with Crippen LogP contribution in [0.3, 0.4) is 0 Å². The lowest BCUT2D eigenvalue weighted by Crippen LogP contribution is -2.49. The van der Waals surface area contributed by atoms with Gasteiger partial charge in [-0.05, 0) is 22.4 Å². The van der Waals surface area contributed by atoms with E-state index in [1.807, 2.05) is 0 Å². The summed E-state index contributed by atoms with van der Waals surface area (Å²) in [6, 6.07) is 3.21. The van der Waals surface area contributed by atoms with E-state index in [1.54, 1.807) is 19.2 Å². The fraction of sp³-hybridized carbons (Fsp3) is 0.538. The summed E-state index contributed by atoms with van der Waals surface area (Å²) in [5, 5.41) is 10.5. The molecule has 10 heteroatoms. The van der Waals surface area contributed by atoms with E-state index >= 15 is 0 Å². The molecular weight excluding hydrogens is 320 g/mol. The quantitative estimate of drug-likeness (QED) is 0.750. The molecule has 0 unspecified atom stereocenters. The van der Waals surface area contributed by atoms with Crippen LogP contribution in [0.5, 0.6) is 0 Å². The molecule has 2 heterocycles. The standard InChI is InChI=1S/C13H20N6O3S/c1-15-10-2-3-11(13-12(10)16-22-17-13)23(20,21)19-8-6-18(5-4-14)7-9-19/h2-3,15H,4-9,14H2,1H3. The molecule has 0 atom stereocenters. The predicted octanol–water partition coefficient (Wildman–Crippen LogP) is -0.470. The first-order valence-corrected chi connectivity index (χ1v) is 8.87. The Labute approximate surface area is 134 Å². The number of sulfonamides is 1. The van der Waals surface area contributed by atoms with Gasteiger partial charge in [0.05, 0.1) is 5.69 Å². The Morgan fingerprint density at radius 3 is 2.57 bits per heavy atom. The maximum atomic E-state index is 12.9. The lowest BCUT2D eigenvalue weighted by Gasteiger charge is -2.33. The van der Waals surface area contributed by atoms with Gasteiger partial charge in [-0.25, -0.2) is 13.0 Å². The van der Waals surface area contributed by atoms with Crippen molar-refractivity contribution in [3.8, 4) is 0 Å². The molecule has 1 aromatic heterocycles. The minimum absolute atomic E-state index is 0.125. The Hall–Kier alpha value is -1.75. The molecule has 3 rings (SSSR count). The maximum Gasteiger partial charge on any atom is 0.245 e. The van der Waals surface area contributed by atoms with E-state index in [2.05, 4.69) is 20.5 Å². The summed E-state index contributed by atoms with van der Waals surface area (Å²) < 4.78 is 32.0. The van der Waals surface area contributed by atoms with Gasteiger partial charge >= 0.3 is 0 Å². The monoisotopic (exact) mass is 340 g/mol. The maximum absolute atomic E-state index is 12.9. The molecule has 0 bridgehead atoms. The van der Waals surface area contributed by atoms with E-state index in [9.17, 15) is 8.42 Å². The van der Waals surface area contributed by atoms with Gasteiger partial charge in [0.25, 0.3) is 0 Å². The molecule has 1 aliphatic rings. The van der Waals surface area contributed by atoms with Gasteiger partial charge < -0.3 is 11.1 Å². The number of nitrogens with two attached hydrogens (primary N) is 1. The van der Waals surface area contributed by atoms with Gasteiger partial charge in [0.15, 0.2) is 11.0 Å². The van der Waals surface area contributed by atoms with Crippen molar-refractivity contribution in [3.63, 3.8) is 0 Å². The average molecular weight is 340 g/mol. The van der Waals surface area contributed by atoms with Crippen molar-refractivity contribution in [2.75, 3.05) is 51.6 Å². The summed E-state index contributed by atoms with van der Waals surface area (Å²) in [6.07, 6.45) is 0. The molecule has 1 saturated heterocycles. The summed E-state index contributed by atoms with van der Waals surface area (Å²) in [4.78, 5) is 2.28. The minimum Gasteiger partial charge on any atom is -0.386 e. The molecule has 0 saturated carbocycles. The second-order valence-electron chi connectivity index (χ2n) is 5.36. The zero-order chi connectivity index (χ0) is 16.4. The molecule has 9 nitrogen and oxygen atoms in total. The molecule has 3 N–H and O–H groups in total. The molecule has 0 amide bonds. The van der Waals surface area contributed by atoms with Gasteiger partial charge in [-0.15, -0.1) is 0 Å². The number of anilines is 1. The van der Waals surface area contributed by atoms with E-state index < -0.39 is 10.0 Å². The van der Waals surface area contributed by atoms with E-state index in [-0.39, 0.29) is 10.4 Å². The average Bonchev–Trinajstić information content (AvgIpc) is 3.04. The first kappa shape index (κ1) is 16.1. The molecular formula is C13H20N6O3S. The van der Waals surface area contributed by atoms with Crippen LogP contribution in [0.25, 0.3) is 11.0 Å². The summed E-state index contributed by atoms with van der Waals surface area (Å²) in [5.41, 5.74) is 6.88.